The van der Waals surface area contributed by atoms with Gasteiger partial charge in [0.1, 0.15) is 5.76 Å². The molecule has 3 aromatic rings. The maximum Gasteiger partial charge on any atom is 0.325 e. The third kappa shape index (κ3) is 6.36. The third-order valence-corrected chi connectivity index (χ3v) is 7.78. The minimum Gasteiger partial charge on any atom is -0.445 e. The van der Waals surface area contributed by atoms with Gasteiger partial charge in [0.2, 0.25) is 5.89 Å². The van der Waals surface area contributed by atoms with Crippen LogP contribution in [0, 0.1) is 5.92 Å². The number of oxazole rings is 1. The van der Waals surface area contributed by atoms with Crippen LogP contribution >= 0.6 is 23.1 Å². The van der Waals surface area contributed by atoms with E-state index in [4.69, 9.17) is 4.42 Å². The van der Waals surface area contributed by atoms with Crippen LogP contribution < -0.4 is 10.6 Å². The Hall–Kier alpha value is -2.32. The first kappa shape index (κ1) is 22.9. The number of thioether (sulfide) groups is 1. The zero-order chi connectivity index (χ0) is 22.3. The van der Waals surface area contributed by atoms with E-state index in [1.165, 1.54) is 43.4 Å². The molecule has 0 unspecified atom stereocenters. The standard InChI is InChI=1S/C24H30N4O2S2/c1-16(2)19-10-6-7-11-20(19)27-23(29)28-24-26-14-22(32-24)31-15-21-25-13-18(30-21)12-17-8-4-3-5-9-17/h6-7,10-11,13-14,16-17H,3-5,8-9,12,15H2,1-2H3,(H2,26,27,28,29). The third-order valence-electron chi connectivity index (χ3n) is 5.69. The first-order valence-electron chi connectivity index (χ1n) is 11.3. The van der Waals surface area contributed by atoms with Crippen molar-refractivity contribution in [1.29, 1.82) is 0 Å². The van der Waals surface area contributed by atoms with Gasteiger partial charge in [0.15, 0.2) is 5.13 Å². The molecule has 170 valence electrons. The number of urea groups is 1. The molecule has 2 heterocycles. The van der Waals surface area contributed by atoms with Crippen LogP contribution in [0.5, 0.6) is 0 Å². The fraction of sp³-hybridized carbons (Fsp3) is 0.458. The molecule has 4 rings (SSSR count). The smallest absolute Gasteiger partial charge is 0.325 e. The summed E-state index contributed by atoms with van der Waals surface area (Å²) in [5, 5.41) is 6.33. The Bertz CT molecular complexity index is 1020. The Balaban J connectivity index is 1.26. The molecular formula is C24H30N4O2S2. The van der Waals surface area contributed by atoms with E-state index < -0.39 is 0 Å². The first-order chi connectivity index (χ1) is 15.6. The van der Waals surface area contributed by atoms with Crippen molar-refractivity contribution in [3.63, 3.8) is 0 Å². The highest BCUT2D eigenvalue weighted by atomic mass is 32.2. The minimum absolute atomic E-state index is 0.288. The summed E-state index contributed by atoms with van der Waals surface area (Å²) >= 11 is 3.07. The summed E-state index contributed by atoms with van der Waals surface area (Å²) in [5.41, 5.74) is 1.92. The largest absolute Gasteiger partial charge is 0.445 e. The molecule has 0 aliphatic heterocycles. The van der Waals surface area contributed by atoms with Gasteiger partial charge >= 0.3 is 6.03 Å². The number of amides is 2. The lowest BCUT2D eigenvalue weighted by atomic mass is 9.86. The number of nitrogens with one attached hydrogen (secondary N) is 2. The molecule has 1 fully saturated rings. The second-order valence-electron chi connectivity index (χ2n) is 8.52. The van der Waals surface area contributed by atoms with Gasteiger partial charge in [-0.05, 0) is 23.5 Å². The number of carbonyl (C=O) groups is 1. The molecule has 32 heavy (non-hydrogen) atoms. The topological polar surface area (TPSA) is 80.0 Å². The molecule has 2 N–H and O–H groups in total. The van der Waals surface area contributed by atoms with Crippen LogP contribution in [-0.2, 0) is 12.2 Å². The summed E-state index contributed by atoms with van der Waals surface area (Å²) in [6.45, 7) is 4.21. The van der Waals surface area contributed by atoms with Gasteiger partial charge < -0.3 is 9.73 Å². The predicted molar refractivity (Wildman–Crippen MR) is 132 cm³/mol. The molecule has 1 aromatic carbocycles. The number of para-hydroxylation sites is 1. The summed E-state index contributed by atoms with van der Waals surface area (Å²) in [7, 11) is 0. The quantitative estimate of drug-likeness (QED) is 0.337. The lowest BCUT2D eigenvalue weighted by Gasteiger charge is -2.19. The van der Waals surface area contributed by atoms with E-state index in [2.05, 4.69) is 34.4 Å². The number of anilines is 2. The van der Waals surface area contributed by atoms with E-state index in [1.807, 2.05) is 30.5 Å². The van der Waals surface area contributed by atoms with Crippen LogP contribution in [-0.4, -0.2) is 16.0 Å². The fourth-order valence-corrected chi connectivity index (χ4v) is 5.79. The van der Waals surface area contributed by atoms with Gasteiger partial charge in [-0.3, -0.25) is 5.32 Å². The second-order valence-corrected chi connectivity index (χ2v) is 10.8. The van der Waals surface area contributed by atoms with Crippen LogP contribution in [0.4, 0.5) is 15.6 Å². The highest BCUT2D eigenvalue weighted by molar-refractivity contribution is 8.00. The van der Waals surface area contributed by atoms with E-state index in [1.54, 1.807) is 18.0 Å². The Labute approximate surface area is 197 Å². The summed E-state index contributed by atoms with van der Waals surface area (Å²) in [6, 6.07) is 7.56. The lowest BCUT2D eigenvalue weighted by Crippen LogP contribution is -2.20. The van der Waals surface area contributed by atoms with Crippen molar-refractivity contribution < 1.29 is 9.21 Å². The molecule has 0 saturated heterocycles. The monoisotopic (exact) mass is 470 g/mol. The number of rotatable bonds is 8. The second kappa shape index (κ2) is 11.0. The van der Waals surface area contributed by atoms with Crippen LogP contribution in [0.2, 0.25) is 0 Å². The Morgan fingerprint density at radius 1 is 1.16 bits per heavy atom. The molecule has 1 aliphatic carbocycles. The van der Waals surface area contributed by atoms with Crippen molar-refractivity contribution in [3.05, 3.63) is 53.9 Å². The summed E-state index contributed by atoms with van der Waals surface area (Å²) < 4.78 is 6.96. The highest BCUT2D eigenvalue weighted by Gasteiger charge is 2.17. The average Bonchev–Trinajstić information content (AvgIpc) is 3.42. The molecule has 0 radical (unpaired) electrons. The van der Waals surface area contributed by atoms with Gasteiger partial charge in [-0.1, -0.05) is 75.5 Å². The summed E-state index contributed by atoms with van der Waals surface area (Å²) in [6.07, 6.45) is 11.3. The number of benzene rings is 1. The van der Waals surface area contributed by atoms with Crippen LogP contribution in [0.1, 0.15) is 69.1 Å². The molecule has 2 aromatic heterocycles. The molecule has 8 heteroatoms. The van der Waals surface area contributed by atoms with Crippen molar-refractivity contribution in [2.24, 2.45) is 5.92 Å². The SMILES string of the molecule is CC(C)c1ccccc1NC(=O)Nc1ncc(SCc2ncc(CC3CCCCC3)o2)s1. The van der Waals surface area contributed by atoms with E-state index in [9.17, 15) is 4.79 Å². The zero-order valence-electron chi connectivity index (χ0n) is 18.6. The number of thiazole rings is 1. The van der Waals surface area contributed by atoms with Gasteiger partial charge in [0.25, 0.3) is 0 Å². The average molecular weight is 471 g/mol. The van der Waals surface area contributed by atoms with E-state index in [0.29, 0.717) is 16.8 Å². The Morgan fingerprint density at radius 2 is 1.97 bits per heavy atom. The lowest BCUT2D eigenvalue weighted by molar-refractivity contribution is 0.262. The van der Waals surface area contributed by atoms with Crippen molar-refractivity contribution in [2.75, 3.05) is 10.6 Å². The first-order valence-corrected chi connectivity index (χ1v) is 13.1. The summed E-state index contributed by atoms with van der Waals surface area (Å²) in [4.78, 5) is 21.2. The number of nitrogens with zero attached hydrogens (tertiary/aromatic N) is 2. The van der Waals surface area contributed by atoms with E-state index in [-0.39, 0.29) is 6.03 Å². The molecule has 0 atom stereocenters. The Kier molecular flexibility index (Phi) is 7.86. The van der Waals surface area contributed by atoms with E-state index >= 15 is 0 Å². The van der Waals surface area contributed by atoms with Gasteiger partial charge in [-0.25, -0.2) is 14.8 Å². The molecule has 2 amide bonds. The molecule has 0 bridgehead atoms. The van der Waals surface area contributed by atoms with Crippen molar-refractivity contribution in [2.45, 2.75) is 68.3 Å². The normalized spacial score (nSPS) is 14.6. The fourth-order valence-electron chi connectivity index (χ4n) is 4.07. The number of hydrogen-bond acceptors (Lipinski definition) is 6. The van der Waals surface area contributed by atoms with Crippen LogP contribution in [0.3, 0.4) is 0 Å². The number of hydrogen-bond donors (Lipinski definition) is 2. The molecule has 6 nitrogen and oxygen atoms in total. The zero-order valence-corrected chi connectivity index (χ0v) is 20.2. The molecule has 1 aliphatic rings. The molecule has 1 saturated carbocycles. The number of carbonyl (C=O) groups excluding carboxylic acids is 1. The van der Waals surface area contributed by atoms with Crippen molar-refractivity contribution in [1.82, 2.24) is 9.97 Å². The van der Waals surface area contributed by atoms with Crippen LogP contribution in [0.15, 0.2) is 45.3 Å². The van der Waals surface area contributed by atoms with Crippen molar-refractivity contribution in [3.8, 4) is 0 Å². The highest BCUT2D eigenvalue weighted by Crippen LogP contribution is 2.32. The van der Waals surface area contributed by atoms with Crippen LogP contribution in [0.25, 0.3) is 0 Å². The molecular weight excluding hydrogens is 440 g/mol. The predicted octanol–water partition coefficient (Wildman–Crippen LogP) is 7.31. The van der Waals surface area contributed by atoms with E-state index in [0.717, 1.165) is 39.4 Å². The van der Waals surface area contributed by atoms with Gasteiger partial charge in [-0.2, -0.15) is 0 Å². The summed E-state index contributed by atoms with van der Waals surface area (Å²) in [5.74, 6) is 3.46. The number of aromatic nitrogens is 2. The minimum atomic E-state index is -0.288. The van der Waals surface area contributed by atoms with Gasteiger partial charge in [0.05, 0.1) is 22.4 Å². The van der Waals surface area contributed by atoms with Gasteiger partial charge in [0, 0.05) is 12.1 Å². The molecule has 0 spiro atoms. The maximum atomic E-state index is 12.4. The maximum absolute atomic E-state index is 12.4. The van der Waals surface area contributed by atoms with Crippen molar-refractivity contribution >= 4 is 39.9 Å². The Morgan fingerprint density at radius 3 is 2.78 bits per heavy atom. The van der Waals surface area contributed by atoms with Gasteiger partial charge in [-0.15, -0.1) is 11.8 Å².